The number of fused-ring (bicyclic) bond motifs is 3. The molecule has 0 saturated carbocycles. The van der Waals surface area contributed by atoms with Crippen LogP contribution in [0.1, 0.15) is 57.4 Å². The molecule has 0 radical (unpaired) electrons. The molecule has 0 aliphatic heterocycles. The number of thioether (sulfide) groups is 1. The van der Waals surface area contributed by atoms with Crippen molar-refractivity contribution in [2.45, 2.75) is 77.5 Å². The van der Waals surface area contributed by atoms with Crippen LogP contribution >= 0.6 is 23.1 Å². The van der Waals surface area contributed by atoms with E-state index >= 15 is 0 Å². The summed E-state index contributed by atoms with van der Waals surface area (Å²) in [6.45, 7) is 8.95. The van der Waals surface area contributed by atoms with Gasteiger partial charge in [0.2, 0.25) is 5.91 Å². The highest BCUT2D eigenvalue weighted by Crippen LogP contribution is 2.36. The Morgan fingerprint density at radius 2 is 2.11 bits per heavy atom. The van der Waals surface area contributed by atoms with Crippen molar-refractivity contribution in [2.75, 3.05) is 5.75 Å². The molecule has 0 bridgehead atoms. The van der Waals surface area contributed by atoms with Crippen LogP contribution in [0.5, 0.6) is 0 Å². The minimum atomic E-state index is 0.00463. The fourth-order valence-corrected chi connectivity index (χ4v) is 5.98. The van der Waals surface area contributed by atoms with Crippen molar-refractivity contribution in [3.63, 3.8) is 0 Å². The molecule has 148 valence electrons. The molecule has 7 heteroatoms. The Bertz CT molecular complexity index is 883. The molecule has 0 aromatic carbocycles. The second-order valence-electron chi connectivity index (χ2n) is 7.35. The van der Waals surface area contributed by atoms with Crippen molar-refractivity contribution in [3.05, 3.63) is 20.8 Å². The Balaban J connectivity index is 1.88. The van der Waals surface area contributed by atoms with Gasteiger partial charge in [-0.3, -0.25) is 14.2 Å². The van der Waals surface area contributed by atoms with E-state index in [1.165, 1.54) is 22.2 Å². The zero-order valence-corrected chi connectivity index (χ0v) is 18.3. The Morgan fingerprint density at radius 3 is 2.78 bits per heavy atom. The number of amides is 1. The van der Waals surface area contributed by atoms with Crippen molar-refractivity contribution in [3.8, 4) is 0 Å². The summed E-state index contributed by atoms with van der Waals surface area (Å²) in [5, 5.41) is 4.52. The van der Waals surface area contributed by atoms with E-state index < -0.39 is 0 Å². The van der Waals surface area contributed by atoms with Gasteiger partial charge in [0.15, 0.2) is 5.16 Å². The number of carbonyl (C=O) groups excluding carboxylic acids is 1. The summed E-state index contributed by atoms with van der Waals surface area (Å²) in [6.07, 6.45) is 5.01. The zero-order valence-electron chi connectivity index (χ0n) is 16.6. The smallest absolute Gasteiger partial charge is 0.263 e. The molecule has 2 aromatic heterocycles. The van der Waals surface area contributed by atoms with Gasteiger partial charge in [-0.1, -0.05) is 32.5 Å². The summed E-state index contributed by atoms with van der Waals surface area (Å²) in [4.78, 5) is 32.3. The summed E-state index contributed by atoms with van der Waals surface area (Å²) in [5.41, 5.74) is 1.27. The van der Waals surface area contributed by atoms with Gasteiger partial charge in [0.05, 0.1) is 11.1 Å². The zero-order chi connectivity index (χ0) is 19.6. The molecule has 0 fully saturated rings. The van der Waals surface area contributed by atoms with E-state index in [-0.39, 0.29) is 23.3 Å². The van der Waals surface area contributed by atoms with E-state index in [0.717, 1.165) is 42.3 Å². The van der Waals surface area contributed by atoms with Crippen LogP contribution in [0, 0.1) is 5.92 Å². The number of hydrogen-bond donors (Lipinski definition) is 1. The molecule has 1 aliphatic carbocycles. The van der Waals surface area contributed by atoms with Crippen LogP contribution in [-0.4, -0.2) is 27.3 Å². The van der Waals surface area contributed by atoms with E-state index in [4.69, 9.17) is 4.98 Å². The molecule has 2 aromatic rings. The molecule has 3 rings (SSSR count). The van der Waals surface area contributed by atoms with Gasteiger partial charge in [0.1, 0.15) is 4.83 Å². The van der Waals surface area contributed by atoms with Crippen molar-refractivity contribution in [2.24, 2.45) is 5.92 Å². The van der Waals surface area contributed by atoms with Crippen LogP contribution in [0.3, 0.4) is 0 Å². The SMILES string of the molecule is CCC(CC)NC(=O)CSc1nc2sc3c(c2c(=O)n1CC)CCC(C)C3. The molecule has 5 nitrogen and oxygen atoms in total. The van der Waals surface area contributed by atoms with Gasteiger partial charge in [-0.2, -0.15) is 0 Å². The molecule has 1 N–H and O–H groups in total. The van der Waals surface area contributed by atoms with Crippen LogP contribution in [0.2, 0.25) is 0 Å². The van der Waals surface area contributed by atoms with Crippen LogP contribution in [0.15, 0.2) is 9.95 Å². The third kappa shape index (κ3) is 4.24. The molecule has 0 saturated heterocycles. The second kappa shape index (κ2) is 8.78. The van der Waals surface area contributed by atoms with Crippen molar-refractivity contribution in [1.82, 2.24) is 14.9 Å². The van der Waals surface area contributed by atoms with Gasteiger partial charge in [-0.05, 0) is 50.5 Å². The average Bonchev–Trinajstić information content (AvgIpc) is 3.01. The van der Waals surface area contributed by atoms with E-state index in [9.17, 15) is 9.59 Å². The van der Waals surface area contributed by atoms with E-state index in [2.05, 4.69) is 26.1 Å². The molecule has 27 heavy (non-hydrogen) atoms. The Hall–Kier alpha value is -1.34. The van der Waals surface area contributed by atoms with Gasteiger partial charge in [-0.25, -0.2) is 4.98 Å². The monoisotopic (exact) mass is 407 g/mol. The number of carbonyl (C=O) groups is 1. The largest absolute Gasteiger partial charge is 0.353 e. The number of rotatable bonds is 7. The molecule has 1 aliphatic rings. The molecule has 1 amide bonds. The second-order valence-corrected chi connectivity index (χ2v) is 9.37. The fourth-order valence-electron chi connectivity index (χ4n) is 3.69. The fraction of sp³-hybridized carbons (Fsp3) is 0.650. The standard InChI is InChI=1S/C20H29N3O2S2/c1-5-13(6-2)21-16(24)11-26-20-22-18-17(19(25)23(20)7-3)14-9-8-12(4)10-15(14)27-18/h12-13H,5-11H2,1-4H3,(H,21,24). The predicted octanol–water partition coefficient (Wildman–Crippen LogP) is 4.00. The minimum Gasteiger partial charge on any atom is -0.353 e. The molecule has 1 unspecified atom stereocenters. The van der Waals surface area contributed by atoms with Gasteiger partial charge in [0, 0.05) is 17.5 Å². The molecule has 1 atom stereocenters. The highest BCUT2D eigenvalue weighted by molar-refractivity contribution is 7.99. The lowest BCUT2D eigenvalue weighted by molar-refractivity contribution is -0.119. The first-order valence-corrected chi connectivity index (χ1v) is 11.8. The van der Waals surface area contributed by atoms with E-state index in [0.29, 0.717) is 17.6 Å². The van der Waals surface area contributed by atoms with Gasteiger partial charge < -0.3 is 5.32 Å². The van der Waals surface area contributed by atoms with Crippen LogP contribution in [0.4, 0.5) is 0 Å². The van der Waals surface area contributed by atoms with Crippen molar-refractivity contribution < 1.29 is 4.79 Å². The van der Waals surface area contributed by atoms with Crippen LogP contribution < -0.4 is 10.9 Å². The van der Waals surface area contributed by atoms with E-state index in [1.807, 2.05) is 6.92 Å². The lowest BCUT2D eigenvalue weighted by Gasteiger charge is -2.17. The molecule has 2 heterocycles. The third-order valence-electron chi connectivity index (χ3n) is 5.38. The number of thiophene rings is 1. The molecular formula is C20H29N3O2S2. The molecule has 0 spiro atoms. The third-order valence-corrected chi connectivity index (χ3v) is 7.50. The quantitative estimate of drug-likeness (QED) is 0.557. The average molecular weight is 408 g/mol. The number of hydrogen-bond acceptors (Lipinski definition) is 5. The van der Waals surface area contributed by atoms with Crippen molar-refractivity contribution in [1.29, 1.82) is 0 Å². The summed E-state index contributed by atoms with van der Waals surface area (Å²) in [6, 6.07) is 0.216. The normalized spacial score (nSPS) is 16.7. The summed E-state index contributed by atoms with van der Waals surface area (Å²) < 4.78 is 1.72. The number of nitrogens with zero attached hydrogens (tertiary/aromatic N) is 2. The summed E-state index contributed by atoms with van der Waals surface area (Å²) in [5.74, 6) is 0.961. The summed E-state index contributed by atoms with van der Waals surface area (Å²) >= 11 is 3.03. The van der Waals surface area contributed by atoms with Crippen molar-refractivity contribution >= 4 is 39.2 Å². The van der Waals surface area contributed by atoms with Gasteiger partial charge >= 0.3 is 0 Å². The highest BCUT2D eigenvalue weighted by Gasteiger charge is 2.24. The number of nitrogens with one attached hydrogen (secondary N) is 1. The first-order valence-electron chi connectivity index (χ1n) is 9.95. The van der Waals surface area contributed by atoms with Gasteiger partial charge in [0.25, 0.3) is 5.56 Å². The Morgan fingerprint density at radius 1 is 1.37 bits per heavy atom. The van der Waals surface area contributed by atoms with Crippen LogP contribution in [0.25, 0.3) is 10.2 Å². The lowest BCUT2D eigenvalue weighted by atomic mass is 9.89. The maximum absolute atomic E-state index is 13.1. The summed E-state index contributed by atoms with van der Waals surface area (Å²) in [7, 11) is 0. The topological polar surface area (TPSA) is 64.0 Å². The predicted molar refractivity (Wildman–Crippen MR) is 114 cm³/mol. The van der Waals surface area contributed by atoms with Gasteiger partial charge in [-0.15, -0.1) is 11.3 Å². The first kappa shape index (κ1) is 20.4. The molecular weight excluding hydrogens is 378 g/mol. The maximum atomic E-state index is 13.1. The Kier molecular flexibility index (Phi) is 6.63. The number of aromatic nitrogens is 2. The lowest BCUT2D eigenvalue weighted by Crippen LogP contribution is -2.35. The highest BCUT2D eigenvalue weighted by atomic mass is 32.2. The Labute approximate surface area is 169 Å². The number of aryl methyl sites for hydroxylation is 1. The van der Waals surface area contributed by atoms with Crippen LogP contribution in [-0.2, 0) is 24.2 Å². The first-order chi connectivity index (χ1) is 13.0. The van der Waals surface area contributed by atoms with E-state index in [1.54, 1.807) is 15.9 Å². The maximum Gasteiger partial charge on any atom is 0.263 e. The minimum absolute atomic E-state index is 0.00463.